The SMILES string of the molecule is NC(=O)CCNC(=O)C1C2CCC(C2)C1N. The van der Waals surface area contributed by atoms with Crippen molar-refractivity contribution in [3.05, 3.63) is 0 Å². The first-order chi connectivity index (χ1) is 7.59. The molecule has 2 aliphatic rings. The Bertz CT molecular complexity index is 304. The number of rotatable bonds is 4. The van der Waals surface area contributed by atoms with Gasteiger partial charge in [-0.2, -0.15) is 0 Å². The highest BCUT2D eigenvalue weighted by Gasteiger charge is 2.48. The molecule has 4 unspecified atom stereocenters. The van der Waals surface area contributed by atoms with E-state index in [1.807, 2.05) is 0 Å². The molecule has 2 bridgehead atoms. The van der Waals surface area contributed by atoms with E-state index < -0.39 is 5.91 Å². The maximum absolute atomic E-state index is 11.9. The van der Waals surface area contributed by atoms with Gasteiger partial charge in [0.2, 0.25) is 11.8 Å². The van der Waals surface area contributed by atoms with Crippen LogP contribution in [-0.4, -0.2) is 24.4 Å². The molecule has 2 aliphatic carbocycles. The molecule has 2 amide bonds. The fourth-order valence-corrected chi connectivity index (χ4v) is 3.15. The summed E-state index contributed by atoms with van der Waals surface area (Å²) in [5, 5.41) is 2.75. The number of hydrogen-bond donors (Lipinski definition) is 3. The zero-order valence-corrected chi connectivity index (χ0v) is 9.32. The van der Waals surface area contributed by atoms with E-state index in [1.54, 1.807) is 0 Å². The van der Waals surface area contributed by atoms with Gasteiger partial charge in [-0.3, -0.25) is 9.59 Å². The van der Waals surface area contributed by atoms with Crippen molar-refractivity contribution >= 4 is 11.8 Å². The van der Waals surface area contributed by atoms with Crippen LogP contribution in [0.25, 0.3) is 0 Å². The minimum Gasteiger partial charge on any atom is -0.370 e. The molecule has 0 radical (unpaired) electrons. The van der Waals surface area contributed by atoms with E-state index in [2.05, 4.69) is 5.32 Å². The van der Waals surface area contributed by atoms with E-state index in [0.717, 1.165) is 19.3 Å². The highest BCUT2D eigenvalue weighted by Crippen LogP contribution is 2.47. The molecule has 5 heteroatoms. The maximum atomic E-state index is 11.9. The van der Waals surface area contributed by atoms with Crippen LogP contribution >= 0.6 is 0 Å². The van der Waals surface area contributed by atoms with Crippen LogP contribution in [-0.2, 0) is 9.59 Å². The van der Waals surface area contributed by atoms with E-state index in [0.29, 0.717) is 18.4 Å². The molecule has 0 saturated heterocycles. The number of nitrogens with two attached hydrogens (primary N) is 2. The van der Waals surface area contributed by atoms with Gasteiger partial charge in [-0.15, -0.1) is 0 Å². The summed E-state index contributed by atoms with van der Waals surface area (Å²) in [4.78, 5) is 22.4. The predicted molar refractivity (Wildman–Crippen MR) is 59.1 cm³/mol. The molecule has 5 nitrogen and oxygen atoms in total. The van der Waals surface area contributed by atoms with E-state index in [9.17, 15) is 9.59 Å². The van der Waals surface area contributed by atoms with Gasteiger partial charge >= 0.3 is 0 Å². The summed E-state index contributed by atoms with van der Waals surface area (Å²) < 4.78 is 0. The molecule has 0 spiro atoms. The molecule has 2 saturated carbocycles. The number of carbonyl (C=O) groups is 2. The molecular weight excluding hydrogens is 206 g/mol. The van der Waals surface area contributed by atoms with Crippen LogP contribution in [0.1, 0.15) is 25.7 Å². The van der Waals surface area contributed by atoms with Crippen LogP contribution in [0.4, 0.5) is 0 Å². The van der Waals surface area contributed by atoms with Gasteiger partial charge < -0.3 is 16.8 Å². The molecule has 2 rings (SSSR count). The van der Waals surface area contributed by atoms with Crippen LogP contribution in [0.2, 0.25) is 0 Å². The van der Waals surface area contributed by atoms with Gasteiger partial charge in [-0.25, -0.2) is 0 Å². The second kappa shape index (κ2) is 4.41. The second-order valence-electron chi connectivity index (χ2n) is 4.94. The van der Waals surface area contributed by atoms with Gasteiger partial charge in [0.15, 0.2) is 0 Å². The van der Waals surface area contributed by atoms with E-state index in [4.69, 9.17) is 11.5 Å². The summed E-state index contributed by atoms with van der Waals surface area (Å²) in [7, 11) is 0. The second-order valence-corrected chi connectivity index (χ2v) is 4.94. The van der Waals surface area contributed by atoms with Gasteiger partial charge in [0.1, 0.15) is 0 Å². The smallest absolute Gasteiger partial charge is 0.224 e. The molecule has 5 N–H and O–H groups in total. The minimum absolute atomic E-state index is 0.000880. The van der Waals surface area contributed by atoms with Gasteiger partial charge in [0.25, 0.3) is 0 Å². The van der Waals surface area contributed by atoms with Crippen molar-refractivity contribution in [1.29, 1.82) is 0 Å². The number of fused-ring (bicyclic) bond motifs is 2. The Morgan fingerprint density at radius 3 is 2.50 bits per heavy atom. The minimum atomic E-state index is -0.391. The standard InChI is InChI=1S/C11H19N3O2/c12-8(15)3-4-14-11(16)9-6-1-2-7(5-6)10(9)13/h6-7,9-10H,1-5,13H2,(H2,12,15)(H,14,16). The fraction of sp³-hybridized carbons (Fsp3) is 0.818. The monoisotopic (exact) mass is 225 g/mol. The maximum Gasteiger partial charge on any atom is 0.224 e. The number of hydrogen-bond acceptors (Lipinski definition) is 3. The van der Waals surface area contributed by atoms with E-state index in [-0.39, 0.29) is 24.3 Å². The third-order valence-corrected chi connectivity index (χ3v) is 3.95. The Kier molecular flexibility index (Phi) is 3.14. The molecule has 90 valence electrons. The van der Waals surface area contributed by atoms with Crippen LogP contribution in [0.15, 0.2) is 0 Å². The Morgan fingerprint density at radius 2 is 1.94 bits per heavy atom. The van der Waals surface area contributed by atoms with Gasteiger partial charge in [0, 0.05) is 19.0 Å². The van der Waals surface area contributed by atoms with Crippen molar-refractivity contribution in [2.24, 2.45) is 29.2 Å². The molecule has 0 aromatic carbocycles. The lowest BCUT2D eigenvalue weighted by atomic mass is 9.84. The summed E-state index contributed by atoms with van der Waals surface area (Å²) in [5.74, 6) is 0.538. The van der Waals surface area contributed by atoms with Crippen molar-refractivity contribution in [2.75, 3.05) is 6.54 Å². The van der Waals surface area contributed by atoms with E-state index >= 15 is 0 Å². The molecular formula is C11H19N3O2. The van der Waals surface area contributed by atoms with Crippen molar-refractivity contribution in [1.82, 2.24) is 5.32 Å². The predicted octanol–water partition coefficient (Wildman–Crippen LogP) is -0.649. The lowest BCUT2D eigenvalue weighted by Crippen LogP contribution is -2.45. The van der Waals surface area contributed by atoms with E-state index in [1.165, 1.54) is 0 Å². The number of primary amides is 1. The van der Waals surface area contributed by atoms with Crippen LogP contribution in [0.3, 0.4) is 0 Å². The quantitative estimate of drug-likeness (QED) is 0.593. The van der Waals surface area contributed by atoms with Crippen LogP contribution < -0.4 is 16.8 Å². The topological polar surface area (TPSA) is 98.2 Å². The van der Waals surface area contributed by atoms with Crippen molar-refractivity contribution < 1.29 is 9.59 Å². The number of carbonyl (C=O) groups excluding carboxylic acids is 2. The normalized spacial score (nSPS) is 36.3. The Morgan fingerprint density at radius 1 is 1.25 bits per heavy atom. The summed E-state index contributed by atoms with van der Waals surface area (Å²) >= 11 is 0. The molecule has 0 aromatic rings. The molecule has 0 aliphatic heterocycles. The van der Waals surface area contributed by atoms with Gasteiger partial charge in [-0.1, -0.05) is 0 Å². The largest absolute Gasteiger partial charge is 0.370 e. The third kappa shape index (κ3) is 2.04. The fourth-order valence-electron chi connectivity index (χ4n) is 3.15. The molecule has 4 atom stereocenters. The van der Waals surface area contributed by atoms with Crippen LogP contribution in [0.5, 0.6) is 0 Å². The Hall–Kier alpha value is -1.10. The highest BCUT2D eigenvalue weighted by atomic mass is 16.2. The number of amides is 2. The molecule has 0 heterocycles. The lowest BCUT2D eigenvalue weighted by Gasteiger charge is -2.26. The Balaban J connectivity index is 1.83. The first-order valence-electron chi connectivity index (χ1n) is 5.91. The highest BCUT2D eigenvalue weighted by molar-refractivity contribution is 5.81. The first-order valence-corrected chi connectivity index (χ1v) is 5.91. The van der Waals surface area contributed by atoms with Crippen LogP contribution in [0, 0.1) is 17.8 Å². The zero-order valence-electron chi connectivity index (χ0n) is 9.32. The summed E-state index contributed by atoms with van der Waals surface area (Å²) in [5.41, 5.74) is 11.0. The third-order valence-electron chi connectivity index (χ3n) is 3.95. The Labute approximate surface area is 94.9 Å². The summed E-state index contributed by atoms with van der Waals surface area (Å²) in [6, 6.07) is 0.00679. The molecule has 2 fully saturated rings. The van der Waals surface area contributed by atoms with Gasteiger partial charge in [0.05, 0.1) is 5.92 Å². The lowest BCUT2D eigenvalue weighted by molar-refractivity contribution is -0.127. The average molecular weight is 225 g/mol. The summed E-state index contributed by atoms with van der Waals surface area (Å²) in [6.45, 7) is 0.328. The molecule has 0 aromatic heterocycles. The van der Waals surface area contributed by atoms with Crippen molar-refractivity contribution in [2.45, 2.75) is 31.7 Å². The first kappa shape index (κ1) is 11.4. The summed E-state index contributed by atoms with van der Waals surface area (Å²) in [6.07, 6.45) is 3.57. The number of nitrogens with one attached hydrogen (secondary N) is 1. The van der Waals surface area contributed by atoms with Crippen molar-refractivity contribution in [3.63, 3.8) is 0 Å². The van der Waals surface area contributed by atoms with Crippen molar-refractivity contribution in [3.8, 4) is 0 Å². The molecule has 16 heavy (non-hydrogen) atoms. The average Bonchev–Trinajstić information content (AvgIpc) is 2.76. The van der Waals surface area contributed by atoms with Gasteiger partial charge in [-0.05, 0) is 31.1 Å². The zero-order chi connectivity index (χ0) is 11.7.